The summed E-state index contributed by atoms with van der Waals surface area (Å²) < 4.78 is 0. The molecule has 0 aliphatic carbocycles. The molecule has 1 unspecified atom stereocenters. The first kappa shape index (κ1) is 18.7. The summed E-state index contributed by atoms with van der Waals surface area (Å²) in [5.41, 5.74) is 8.71. The van der Waals surface area contributed by atoms with Gasteiger partial charge in [-0.05, 0) is 59.5 Å². The Bertz CT molecular complexity index is 1480. The van der Waals surface area contributed by atoms with Gasteiger partial charge in [0.05, 0.1) is 11.2 Å². The number of H-pyrrole nitrogens is 1. The lowest BCUT2D eigenvalue weighted by Crippen LogP contribution is -2.12. The molecular formula is C28H23N3O. The van der Waals surface area contributed by atoms with E-state index in [1.807, 2.05) is 18.2 Å². The number of benzene rings is 4. The van der Waals surface area contributed by atoms with E-state index in [1.54, 1.807) is 0 Å². The third-order valence-electron chi connectivity index (χ3n) is 6.43. The van der Waals surface area contributed by atoms with Crippen molar-refractivity contribution in [3.8, 4) is 11.1 Å². The van der Waals surface area contributed by atoms with E-state index in [1.165, 1.54) is 16.3 Å². The molecular weight excluding hydrogens is 394 g/mol. The molecule has 5 aromatic rings. The first-order chi connectivity index (χ1) is 15.7. The van der Waals surface area contributed by atoms with Gasteiger partial charge >= 0.3 is 0 Å². The van der Waals surface area contributed by atoms with Crippen molar-refractivity contribution in [2.45, 2.75) is 19.5 Å². The number of carbonyl (C=O) groups is 1. The molecule has 1 amide bonds. The van der Waals surface area contributed by atoms with Crippen molar-refractivity contribution < 1.29 is 4.79 Å². The first-order valence-corrected chi connectivity index (χ1v) is 10.9. The highest BCUT2D eigenvalue weighted by atomic mass is 16.1. The van der Waals surface area contributed by atoms with Crippen molar-refractivity contribution in [3.05, 3.63) is 102 Å². The standard InChI is InChI=1S/C28H23N3O/c1-17(18-6-3-2-4-7-18)30-26-9-5-8-23-24-15-20(11-13-25(24)31-27(23)26)19-10-12-22-21(14-19)16-29-28(22)32/h2-15,17,30-31H,16H2,1H3,(H,29,32). The molecule has 1 aliphatic heterocycles. The van der Waals surface area contributed by atoms with Crippen LogP contribution in [0.1, 0.15) is 34.5 Å². The number of carbonyl (C=O) groups excluding carboxylic acids is 1. The molecule has 1 aromatic heterocycles. The molecule has 1 atom stereocenters. The van der Waals surface area contributed by atoms with Crippen LogP contribution in [0.25, 0.3) is 32.9 Å². The molecule has 0 fully saturated rings. The number of fused-ring (bicyclic) bond motifs is 4. The van der Waals surface area contributed by atoms with Crippen molar-refractivity contribution in [1.82, 2.24) is 10.3 Å². The van der Waals surface area contributed by atoms with E-state index in [-0.39, 0.29) is 11.9 Å². The van der Waals surface area contributed by atoms with Gasteiger partial charge in [0, 0.05) is 34.4 Å². The van der Waals surface area contributed by atoms with Gasteiger partial charge in [-0.3, -0.25) is 4.79 Å². The molecule has 0 saturated carbocycles. The fourth-order valence-corrected chi connectivity index (χ4v) is 4.69. The van der Waals surface area contributed by atoms with E-state index in [4.69, 9.17) is 0 Å². The minimum Gasteiger partial charge on any atom is -0.377 e. The minimum atomic E-state index is 0.0170. The van der Waals surface area contributed by atoms with E-state index < -0.39 is 0 Å². The average Bonchev–Trinajstić information content (AvgIpc) is 3.40. The Morgan fingerprint density at radius 2 is 1.66 bits per heavy atom. The Morgan fingerprint density at radius 1 is 0.844 bits per heavy atom. The smallest absolute Gasteiger partial charge is 0.251 e. The van der Waals surface area contributed by atoms with Crippen LogP contribution >= 0.6 is 0 Å². The van der Waals surface area contributed by atoms with Crippen LogP contribution < -0.4 is 10.6 Å². The van der Waals surface area contributed by atoms with Gasteiger partial charge in [-0.2, -0.15) is 0 Å². The lowest BCUT2D eigenvalue weighted by Gasteiger charge is -2.16. The highest BCUT2D eigenvalue weighted by Gasteiger charge is 2.19. The lowest BCUT2D eigenvalue weighted by atomic mass is 9.99. The number of hydrogen-bond donors (Lipinski definition) is 3. The molecule has 0 spiro atoms. The fourth-order valence-electron chi connectivity index (χ4n) is 4.69. The number of para-hydroxylation sites is 1. The summed E-state index contributed by atoms with van der Waals surface area (Å²) in [6.45, 7) is 2.79. The third kappa shape index (κ3) is 3.04. The molecule has 0 bridgehead atoms. The number of aromatic nitrogens is 1. The van der Waals surface area contributed by atoms with Crippen molar-refractivity contribution in [2.75, 3.05) is 5.32 Å². The molecule has 0 radical (unpaired) electrons. The summed E-state index contributed by atoms with van der Waals surface area (Å²) in [5.74, 6) is 0.0170. The van der Waals surface area contributed by atoms with Gasteiger partial charge in [0.25, 0.3) is 5.91 Å². The van der Waals surface area contributed by atoms with E-state index in [0.29, 0.717) is 6.54 Å². The Morgan fingerprint density at radius 3 is 2.53 bits per heavy atom. The van der Waals surface area contributed by atoms with Crippen LogP contribution in [0.15, 0.2) is 84.9 Å². The normalized spacial score (nSPS) is 13.8. The van der Waals surface area contributed by atoms with Crippen LogP contribution in [0.3, 0.4) is 0 Å². The highest BCUT2D eigenvalue weighted by Crippen LogP contribution is 2.35. The van der Waals surface area contributed by atoms with Crippen molar-refractivity contribution in [3.63, 3.8) is 0 Å². The summed E-state index contributed by atoms with van der Waals surface area (Å²) in [6.07, 6.45) is 0. The van der Waals surface area contributed by atoms with Gasteiger partial charge in [0.2, 0.25) is 0 Å². The third-order valence-corrected chi connectivity index (χ3v) is 6.43. The second kappa shape index (κ2) is 7.27. The van der Waals surface area contributed by atoms with Crippen molar-refractivity contribution in [1.29, 1.82) is 0 Å². The predicted molar refractivity (Wildman–Crippen MR) is 131 cm³/mol. The minimum absolute atomic E-state index is 0.0170. The molecule has 6 rings (SSSR count). The number of nitrogens with one attached hydrogen (secondary N) is 3. The van der Waals surface area contributed by atoms with Crippen LogP contribution in [0.2, 0.25) is 0 Å². The summed E-state index contributed by atoms with van der Waals surface area (Å²) in [4.78, 5) is 15.5. The molecule has 156 valence electrons. The monoisotopic (exact) mass is 417 g/mol. The molecule has 4 nitrogen and oxygen atoms in total. The quantitative estimate of drug-likeness (QED) is 0.317. The predicted octanol–water partition coefficient (Wildman–Crippen LogP) is 6.40. The van der Waals surface area contributed by atoms with E-state index in [9.17, 15) is 4.79 Å². The second-order valence-electron chi connectivity index (χ2n) is 8.44. The topological polar surface area (TPSA) is 56.9 Å². The van der Waals surface area contributed by atoms with Crippen LogP contribution in [0.4, 0.5) is 5.69 Å². The maximum Gasteiger partial charge on any atom is 0.251 e. The Labute approximate surface area is 186 Å². The largest absolute Gasteiger partial charge is 0.377 e. The van der Waals surface area contributed by atoms with E-state index in [2.05, 4.69) is 89.3 Å². The van der Waals surface area contributed by atoms with Gasteiger partial charge < -0.3 is 15.6 Å². The zero-order valence-corrected chi connectivity index (χ0v) is 17.8. The first-order valence-electron chi connectivity index (χ1n) is 10.9. The number of amides is 1. The number of rotatable bonds is 4. The second-order valence-corrected chi connectivity index (χ2v) is 8.44. The maximum absolute atomic E-state index is 11.9. The highest BCUT2D eigenvalue weighted by molar-refractivity contribution is 6.12. The van der Waals surface area contributed by atoms with Crippen LogP contribution in [-0.4, -0.2) is 10.9 Å². The van der Waals surface area contributed by atoms with Crippen molar-refractivity contribution >= 4 is 33.4 Å². The summed E-state index contributed by atoms with van der Waals surface area (Å²) in [5, 5.41) is 8.96. The number of aromatic amines is 1. The van der Waals surface area contributed by atoms with Crippen LogP contribution in [-0.2, 0) is 6.54 Å². The Balaban J connectivity index is 1.41. The zero-order chi connectivity index (χ0) is 21.7. The van der Waals surface area contributed by atoms with Crippen LogP contribution in [0, 0.1) is 0 Å². The molecule has 1 aliphatic rings. The lowest BCUT2D eigenvalue weighted by molar-refractivity contribution is 0.0966. The molecule has 32 heavy (non-hydrogen) atoms. The number of hydrogen-bond acceptors (Lipinski definition) is 2. The number of anilines is 1. The molecule has 2 heterocycles. The Kier molecular flexibility index (Phi) is 4.25. The van der Waals surface area contributed by atoms with Gasteiger partial charge in [0.1, 0.15) is 0 Å². The van der Waals surface area contributed by atoms with Gasteiger partial charge in [-0.25, -0.2) is 0 Å². The van der Waals surface area contributed by atoms with Crippen molar-refractivity contribution in [2.24, 2.45) is 0 Å². The van der Waals surface area contributed by atoms with Gasteiger partial charge in [-0.1, -0.05) is 54.6 Å². The Hall–Kier alpha value is -4.05. The molecule has 0 saturated heterocycles. The zero-order valence-electron chi connectivity index (χ0n) is 17.8. The van der Waals surface area contributed by atoms with E-state index in [0.717, 1.165) is 39.0 Å². The van der Waals surface area contributed by atoms with Gasteiger partial charge in [-0.15, -0.1) is 0 Å². The average molecular weight is 418 g/mol. The molecule has 3 N–H and O–H groups in total. The summed E-state index contributed by atoms with van der Waals surface area (Å²) >= 11 is 0. The van der Waals surface area contributed by atoms with Gasteiger partial charge in [0.15, 0.2) is 0 Å². The SMILES string of the molecule is CC(Nc1cccc2c1[nH]c1ccc(-c3ccc4c(c3)CNC4=O)cc12)c1ccccc1. The molecule has 4 aromatic carbocycles. The fraction of sp³-hybridized carbons (Fsp3) is 0.107. The summed E-state index contributed by atoms with van der Waals surface area (Å²) in [7, 11) is 0. The van der Waals surface area contributed by atoms with E-state index >= 15 is 0 Å². The molecule has 4 heteroatoms. The van der Waals surface area contributed by atoms with Crippen LogP contribution in [0.5, 0.6) is 0 Å². The summed E-state index contributed by atoms with van der Waals surface area (Å²) in [6, 6.07) is 29.7. The maximum atomic E-state index is 11.9.